The van der Waals surface area contributed by atoms with Gasteiger partial charge in [-0.25, -0.2) is 4.79 Å². The van der Waals surface area contributed by atoms with Gasteiger partial charge in [0, 0.05) is 31.6 Å². The molecule has 3 heterocycles. The Morgan fingerprint density at radius 1 is 1.12 bits per heavy atom. The molecule has 2 saturated heterocycles. The number of aryl methyl sites for hydroxylation is 1. The van der Waals surface area contributed by atoms with E-state index in [-0.39, 0.29) is 30.2 Å². The molecule has 1 aromatic rings. The number of benzene rings is 1. The monoisotopic (exact) mass is 455 g/mol. The number of likely N-dealkylation sites (tertiary alicyclic amines) is 1. The van der Waals surface area contributed by atoms with E-state index in [1.807, 2.05) is 39.0 Å². The van der Waals surface area contributed by atoms with Crippen LogP contribution in [0.4, 0.5) is 4.79 Å². The van der Waals surface area contributed by atoms with Crippen molar-refractivity contribution in [2.75, 3.05) is 13.1 Å². The lowest BCUT2D eigenvalue weighted by Crippen LogP contribution is -2.52. The van der Waals surface area contributed by atoms with Crippen molar-refractivity contribution in [3.8, 4) is 0 Å². The third kappa shape index (κ3) is 5.20. The second kappa shape index (κ2) is 9.15. The largest absolute Gasteiger partial charge is 0.444 e. The maximum atomic E-state index is 13.2. The summed E-state index contributed by atoms with van der Waals surface area (Å²) in [5.41, 5.74) is 2.19. The zero-order valence-electron chi connectivity index (χ0n) is 19.7. The summed E-state index contributed by atoms with van der Waals surface area (Å²) in [6.45, 7) is 7.40. The number of piperidine rings is 2. The number of hydrogen-bond acceptors (Lipinski definition) is 5. The van der Waals surface area contributed by atoms with Crippen LogP contribution in [0.3, 0.4) is 0 Å². The molecule has 33 heavy (non-hydrogen) atoms. The first-order chi connectivity index (χ1) is 15.6. The average molecular weight is 456 g/mol. The van der Waals surface area contributed by atoms with E-state index in [1.165, 1.54) is 0 Å². The molecule has 2 fully saturated rings. The highest BCUT2D eigenvalue weighted by molar-refractivity contribution is 6.06. The number of nitrogens with one attached hydrogen (secondary N) is 1. The van der Waals surface area contributed by atoms with Crippen molar-refractivity contribution in [3.05, 3.63) is 34.9 Å². The standard InChI is InChI=1S/C25H33N3O5/c1-25(2,3)33-24(32)27-13-11-16(12-14-27)7-8-17-5-4-6-18-15-28(23(31)21(17)18)19-9-10-20(29)26-22(19)30/h4-6,16,19H,7-15H2,1-3H3,(H,26,29,30). The van der Waals surface area contributed by atoms with Gasteiger partial charge in [-0.1, -0.05) is 18.2 Å². The van der Waals surface area contributed by atoms with E-state index in [0.717, 1.165) is 36.8 Å². The Balaban J connectivity index is 1.34. The lowest BCUT2D eigenvalue weighted by atomic mass is 9.89. The van der Waals surface area contributed by atoms with Crippen LogP contribution in [0.2, 0.25) is 0 Å². The first kappa shape index (κ1) is 23.3. The zero-order chi connectivity index (χ0) is 23.8. The Morgan fingerprint density at radius 2 is 1.85 bits per heavy atom. The number of rotatable bonds is 4. The molecule has 0 radical (unpaired) electrons. The molecule has 4 amide bonds. The van der Waals surface area contributed by atoms with Gasteiger partial charge in [0.25, 0.3) is 5.91 Å². The van der Waals surface area contributed by atoms with Gasteiger partial charge in [0.15, 0.2) is 0 Å². The number of fused-ring (bicyclic) bond motifs is 1. The van der Waals surface area contributed by atoms with Crippen molar-refractivity contribution in [3.63, 3.8) is 0 Å². The SMILES string of the molecule is CC(C)(C)OC(=O)N1CCC(CCc2cccc3c2C(=O)N(C2CCC(=O)NC2=O)C3)CC1. The molecule has 1 unspecified atom stereocenters. The van der Waals surface area contributed by atoms with Crippen molar-refractivity contribution in [1.29, 1.82) is 0 Å². The second-order valence-corrected chi connectivity index (χ2v) is 10.3. The van der Waals surface area contributed by atoms with Crippen molar-refractivity contribution in [2.45, 2.75) is 77.5 Å². The molecule has 1 N–H and O–H groups in total. The summed E-state index contributed by atoms with van der Waals surface area (Å²) in [6.07, 6.45) is 3.96. The Labute approximate surface area is 194 Å². The number of imide groups is 1. The van der Waals surface area contributed by atoms with Crippen LogP contribution in [0.25, 0.3) is 0 Å². The highest BCUT2D eigenvalue weighted by Crippen LogP contribution is 2.32. The number of hydrogen-bond donors (Lipinski definition) is 1. The first-order valence-electron chi connectivity index (χ1n) is 11.9. The summed E-state index contributed by atoms with van der Waals surface area (Å²) in [6, 6.07) is 5.33. The molecule has 4 rings (SSSR count). The van der Waals surface area contributed by atoms with E-state index in [2.05, 4.69) is 5.32 Å². The Hall–Kier alpha value is -2.90. The minimum Gasteiger partial charge on any atom is -0.444 e. The maximum absolute atomic E-state index is 13.2. The maximum Gasteiger partial charge on any atom is 0.410 e. The average Bonchev–Trinajstić information content (AvgIpc) is 3.08. The molecule has 1 aromatic carbocycles. The predicted octanol–water partition coefficient (Wildman–Crippen LogP) is 3.03. The third-order valence-corrected chi connectivity index (χ3v) is 6.73. The van der Waals surface area contributed by atoms with Gasteiger partial charge in [0.1, 0.15) is 11.6 Å². The molecule has 3 aliphatic heterocycles. The molecule has 1 atom stereocenters. The quantitative estimate of drug-likeness (QED) is 0.704. The summed E-state index contributed by atoms with van der Waals surface area (Å²) >= 11 is 0. The Bertz CT molecular complexity index is 959. The van der Waals surface area contributed by atoms with Crippen LogP contribution in [0.1, 0.15) is 74.4 Å². The lowest BCUT2D eigenvalue weighted by molar-refractivity contribution is -0.136. The lowest BCUT2D eigenvalue weighted by Gasteiger charge is -2.33. The molecule has 0 saturated carbocycles. The van der Waals surface area contributed by atoms with E-state index in [4.69, 9.17) is 4.74 Å². The van der Waals surface area contributed by atoms with Crippen LogP contribution in [0.15, 0.2) is 18.2 Å². The van der Waals surface area contributed by atoms with Crippen LogP contribution >= 0.6 is 0 Å². The molecule has 0 spiro atoms. The van der Waals surface area contributed by atoms with Gasteiger partial charge >= 0.3 is 6.09 Å². The molecule has 0 aromatic heterocycles. The van der Waals surface area contributed by atoms with Crippen LogP contribution in [0.5, 0.6) is 0 Å². The van der Waals surface area contributed by atoms with Crippen LogP contribution in [-0.4, -0.2) is 58.3 Å². The molecule has 178 valence electrons. The predicted molar refractivity (Wildman–Crippen MR) is 121 cm³/mol. The van der Waals surface area contributed by atoms with Gasteiger partial charge in [-0.2, -0.15) is 0 Å². The van der Waals surface area contributed by atoms with E-state index in [9.17, 15) is 19.2 Å². The van der Waals surface area contributed by atoms with Gasteiger partial charge in [0.2, 0.25) is 11.8 Å². The van der Waals surface area contributed by atoms with Gasteiger partial charge in [-0.15, -0.1) is 0 Å². The van der Waals surface area contributed by atoms with Crippen LogP contribution in [0, 0.1) is 5.92 Å². The fourth-order valence-corrected chi connectivity index (χ4v) is 4.99. The zero-order valence-corrected chi connectivity index (χ0v) is 19.7. The summed E-state index contributed by atoms with van der Waals surface area (Å²) in [4.78, 5) is 52.7. The van der Waals surface area contributed by atoms with Crippen molar-refractivity contribution in [1.82, 2.24) is 15.1 Å². The fraction of sp³-hybridized carbons (Fsp3) is 0.600. The summed E-state index contributed by atoms with van der Waals surface area (Å²) in [5, 5.41) is 2.35. The van der Waals surface area contributed by atoms with E-state index >= 15 is 0 Å². The Kier molecular flexibility index (Phi) is 6.45. The second-order valence-electron chi connectivity index (χ2n) is 10.3. The minimum atomic E-state index is -0.590. The third-order valence-electron chi connectivity index (χ3n) is 6.73. The highest BCUT2D eigenvalue weighted by Gasteiger charge is 2.40. The van der Waals surface area contributed by atoms with E-state index in [1.54, 1.807) is 9.80 Å². The summed E-state index contributed by atoms with van der Waals surface area (Å²) in [5.74, 6) is -0.290. The normalized spacial score (nSPS) is 21.8. The van der Waals surface area contributed by atoms with Gasteiger partial charge < -0.3 is 14.5 Å². The van der Waals surface area contributed by atoms with Crippen LogP contribution < -0.4 is 5.32 Å². The topological polar surface area (TPSA) is 96.0 Å². The van der Waals surface area contributed by atoms with Gasteiger partial charge in [0.05, 0.1) is 0 Å². The molecular formula is C25H33N3O5. The molecular weight excluding hydrogens is 422 g/mol. The molecule has 8 heteroatoms. The Morgan fingerprint density at radius 3 is 2.52 bits per heavy atom. The fourth-order valence-electron chi connectivity index (χ4n) is 4.99. The number of carbonyl (C=O) groups is 4. The van der Waals surface area contributed by atoms with E-state index < -0.39 is 11.6 Å². The van der Waals surface area contributed by atoms with Crippen molar-refractivity contribution < 1.29 is 23.9 Å². The minimum absolute atomic E-state index is 0.116. The number of amides is 4. The molecule has 0 aliphatic carbocycles. The van der Waals surface area contributed by atoms with Gasteiger partial charge in [-0.05, 0) is 69.9 Å². The number of nitrogens with zero attached hydrogens (tertiary/aromatic N) is 2. The first-order valence-corrected chi connectivity index (χ1v) is 11.9. The van der Waals surface area contributed by atoms with Gasteiger partial charge in [-0.3, -0.25) is 19.7 Å². The van der Waals surface area contributed by atoms with E-state index in [0.29, 0.717) is 37.5 Å². The molecule has 0 bridgehead atoms. The van der Waals surface area contributed by atoms with Crippen LogP contribution in [-0.2, 0) is 27.3 Å². The number of carbonyl (C=O) groups excluding carboxylic acids is 4. The molecule has 8 nitrogen and oxygen atoms in total. The molecule has 3 aliphatic rings. The van der Waals surface area contributed by atoms with Crippen molar-refractivity contribution >= 4 is 23.8 Å². The number of ether oxygens (including phenoxy) is 1. The summed E-state index contributed by atoms with van der Waals surface area (Å²) < 4.78 is 5.48. The van der Waals surface area contributed by atoms with Crippen molar-refractivity contribution in [2.24, 2.45) is 5.92 Å². The highest BCUT2D eigenvalue weighted by atomic mass is 16.6. The smallest absolute Gasteiger partial charge is 0.410 e. The summed E-state index contributed by atoms with van der Waals surface area (Å²) in [7, 11) is 0.